The average Bonchev–Trinajstić information content (AvgIpc) is 3.21. The van der Waals surface area contributed by atoms with Gasteiger partial charge in [-0.15, -0.1) is 24.0 Å². The van der Waals surface area contributed by atoms with E-state index in [-0.39, 0.29) is 24.0 Å². The number of hydrogen-bond donors (Lipinski definition) is 2. The Morgan fingerprint density at radius 3 is 2.83 bits per heavy atom. The molecule has 6 heteroatoms. The van der Waals surface area contributed by atoms with Gasteiger partial charge in [0.15, 0.2) is 5.96 Å². The van der Waals surface area contributed by atoms with Gasteiger partial charge in [-0.2, -0.15) is 0 Å². The van der Waals surface area contributed by atoms with Crippen molar-refractivity contribution in [2.75, 3.05) is 31.6 Å². The minimum Gasteiger partial charge on any atom is -0.371 e. The largest absolute Gasteiger partial charge is 0.371 e. The fourth-order valence-corrected chi connectivity index (χ4v) is 3.16. The molecule has 1 aliphatic carbocycles. The molecule has 1 saturated carbocycles. The van der Waals surface area contributed by atoms with E-state index in [9.17, 15) is 0 Å². The van der Waals surface area contributed by atoms with Gasteiger partial charge in [-0.1, -0.05) is 17.7 Å². The van der Waals surface area contributed by atoms with Crippen molar-refractivity contribution in [2.45, 2.75) is 32.2 Å². The zero-order valence-corrected chi connectivity index (χ0v) is 16.9. The average molecular weight is 449 g/mol. The summed E-state index contributed by atoms with van der Waals surface area (Å²) in [5, 5.41) is 7.71. The maximum absolute atomic E-state index is 6.14. The fraction of sp³-hybridized carbons (Fsp3) is 0.588. The lowest BCUT2D eigenvalue weighted by Crippen LogP contribution is -2.41. The van der Waals surface area contributed by atoms with E-state index in [1.54, 1.807) is 0 Å². The minimum atomic E-state index is 0. The van der Waals surface area contributed by atoms with E-state index in [4.69, 9.17) is 11.6 Å². The van der Waals surface area contributed by atoms with Crippen molar-refractivity contribution >= 4 is 47.2 Å². The second-order valence-corrected chi connectivity index (χ2v) is 6.84. The lowest BCUT2D eigenvalue weighted by molar-refractivity contribution is 0.565. The normalized spacial score (nSPS) is 21.1. The van der Waals surface area contributed by atoms with Crippen LogP contribution in [0.1, 0.15) is 24.8 Å². The number of aliphatic imine (C=N–C) groups is 1. The van der Waals surface area contributed by atoms with Gasteiger partial charge in [0.25, 0.3) is 0 Å². The first-order chi connectivity index (χ1) is 10.7. The third-order valence-corrected chi connectivity index (χ3v) is 4.73. The van der Waals surface area contributed by atoms with Crippen LogP contribution in [-0.4, -0.2) is 38.7 Å². The van der Waals surface area contributed by atoms with E-state index in [2.05, 4.69) is 39.6 Å². The summed E-state index contributed by atoms with van der Waals surface area (Å²) in [6.07, 6.45) is 3.75. The van der Waals surface area contributed by atoms with Crippen LogP contribution in [0.3, 0.4) is 0 Å². The Bertz CT molecular complexity index is 560. The lowest BCUT2D eigenvalue weighted by atomic mass is 10.1. The van der Waals surface area contributed by atoms with Gasteiger partial charge in [0.1, 0.15) is 0 Å². The van der Waals surface area contributed by atoms with Gasteiger partial charge in [-0.3, -0.25) is 4.99 Å². The molecule has 2 fully saturated rings. The third kappa shape index (κ3) is 5.14. The van der Waals surface area contributed by atoms with Crippen molar-refractivity contribution in [2.24, 2.45) is 10.9 Å². The number of aryl methyl sites for hydroxylation is 1. The van der Waals surface area contributed by atoms with Crippen molar-refractivity contribution in [3.63, 3.8) is 0 Å². The smallest absolute Gasteiger partial charge is 0.191 e. The molecule has 2 aliphatic rings. The summed E-state index contributed by atoms with van der Waals surface area (Å²) in [5.74, 6) is 1.59. The van der Waals surface area contributed by atoms with Crippen molar-refractivity contribution in [1.29, 1.82) is 0 Å². The maximum atomic E-state index is 6.14. The zero-order valence-electron chi connectivity index (χ0n) is 13.8. The van der Waals surface area contributed by atoms with Gasteiger partial charge in [0.2, 0.25) is 0 Å². The molecule has 1 aromatic carbocycles. The number of halogens is 2. The fourth-order valence-electron chi connectivity index (χ4n) is 3.00. The topological polar surface area (TPSA) is 39.7 Å². The van der Waals surface area contributed by atoms with Crippen LogP contribution in [0, 0.1) is 12.8 Å². The Hall–Kier alpha value is -0.690. The molecule has 0 aromatic heterocycles. The van der Waals surface area contributed by atoms with Crippen LogP contribution in [0.15, 0.2) is 23.2 Å². The van der Waals surface area contributed by atoms with Crippen LogP contribution in [-0.2, 0) is 0 Å². The Labute approximate surface area is 161 Å². The summed E-state index contributed by atoms with van der Waals surface area (Å²) < 4.78 is 0. The number of guanidine groups is 1. The lowest BCUT2D eigenvalue weighted by Gasteiger charge is -2.21. The minimum absolute atomic E-state index is 0. The van der Waals surface area contributed by atoms with E-state index in [0.717, 1.165) is 30.6 Å². The Morgan fingerprint density at radius 1 is 1.35 bits per heavy atom. The molecule has 0 bridgehead atoms. The number of anilines is 1. The van der Waals surface area contributed by atoms with Crippen LogP contribution in [0.5, 0.6) is 0 Å². The number of nitrogens with one attached hydrogen (secondary N) is 2. The Balaban J connectivity index is 0.00000192. The molecule has 1 aliphatic heterocycles. The zero-order chi connectivity index (χ0) is 15.5. The predicted molar refractivity (Wildman–Crippen MR) is 109 cm³/mol. The van der Waals surface area contributed by atoms with E-state index in [0.29, 0.717) is 12.0 Å². The second kappa shape index (κ2) is 8.42. The first-order valence-electron chi connectivity index (χ1n) is 8.14. The molecule has 128 valence electrons. The molecule has 1 aromatic rings. The van der Waals surface area contributed by atoms with Gasteiger partial charge in [0, 0.05) is 43.4 Å². The van der Waals surface area contributed by atoms with Crippen LogP contribution >= 0.6 is 35.6 Å². The van der Waals surface area contributed by atoms with Gasteiger partial charge in [0.05, 0.1) is 0 Å². The molecular formula is C17H26ClIN4. The van der Waals surface area contributed by atoms with E-state index in [1.807, 2.05) is 13.1 Å². The van der Waals surface area contributed by atoms with Crippen LogP contribution in [0.4, 0.5) is 5.69 Å². The highest BCUT2D eigenvalue weighted by Crippen LogP contribution is 2.29. The summed E-state index contributed by atoms with van der Waals surface area (Å²) in [7, 11) is 1.84. The number of nitrogens with zero attached hydrogens (tertiary/aromatic N) is 2. The first-order valence-corrected chi connectivity index (χ1v) is 8.52. The van der Waals surface area contributed by atoms with Gasteiger partial charge in [-0.05, 0) is 49.8 Å². The first kappa shape index (κ1) is 18.6. The van der Waals surface area contributed by atoms with Gasteiger partial charge < -0.3 is 15.5 Å². The molecule has 0 radical (unpaired) electrons. The summed E-state index contributed by atoms with van der Waals surface area (Å²) in [5.41, 5.74) is 2.57. The van der Waals surface area contributed by atoms with Gasteiger partial charge in [-0.25, -0.2) is 0 Å². The predicted octanol–water partition coefficient (Wildman–Crippen LogP) is 3.42. The summed E-state index contributed by atoms with van der Waals surface area (Å²) in [6.45, 7) is 5.30. The van der Waals surface area contributed by atoms with Crippen molar-refractivity contribution in [3.8, 4) is 0 Å². The second-order valence-electron chi connectivity index (χ2n) is 6.40. The highest BCUT2D eigenvalue weighted by molar-refractivity contribution is 14.0. The molecule has 0 amide bonds. The number of rotatable bonds is 4. The Morgan fingerprint density at radius 2 is 2.13 bits per heavy atom. The van der Waals surface area contributed by atoms with Crippen LogP contribution in [0.25, 0.3) is 0 Å². The third-order valence-electron chi connectivity index (χ3n) is 4.50. The molecule has 1 atom stereocenters. The maximum Gasteiger partial charge on any atom is 0.191 e. The highest BCUT2D eigenvalue weighted by atomic mass is 127. The van der Waals surface area contributed by atoms with Crippen LogP contribution < -0.4 is 15.5 Å². The molecule has 0 spiro atoms. The monoisotopic (exact) mass is 448 g/mol. The summed E-state index contributed by atoms with van der Waals surface area (Å²) in [4.78, 5) is 6.74. The standard InChI is InChI=1S/C17H25ClN4.HI/c1-12-3-4-14(18)9-16(12)22-8-7-13(11-22)10-20-17(19-2)21-15-5-6-15;/h3-4,9,13,15H,5-8,10-11H2,1-2H3,(H2,19,20,21);1H. The molecule has 3 rings (SSSR count). The summed E-state index contributed by atoms with van der Waals surface area (Å²) >= 11 is 6.14. The van der Waals surface area contributed by atoms with E-state index >= 15 is 0 Å². The molecule has 1 unspecified atom stereocenters. The number of hydrogen-bond acceptors (Lipinski definition) is 2. The molecule has 1 heterocycles. The number of benzene rings is 1. The van der Waals surface area contributed by atoms with Crippen molar-refractivity contribution < 1.29 is 0 Å². The van der Waals surface area contributed by atoms with Crippen molar-refractivity contribution in [3.05, 3.63) is 28.8 Å². The SMILES string of the molecule is CN=C(NCC1CCN(c2cc(Cl)ccc2C)C1)NC1CC1.I. The van der Waals surface area contributed by atoms with Crippen LogP contribution in [0.2, 0.25) is 5.02 Å². The van der Waals surface area contributed by atoms with Crippen molar-refractivity contribution in [1.82, 2.24) is 10.6 Å². The van der Waals surface area contributed by atoms with E-state index in [1.165, 1.54) is 30.5 Å². The van der Waals surface area contributed by atoms with E-state index < -0.39 is 0 Å². The molecule has 2 N–H and O–H groups in total. The Kier molecular flexibility index (Phi) is 6.83. The molecule has 23 heavy (non-hydrogen) atoms. The quantitative estimate of drug-likeness (QED) is 0.421. The molecule has 1 saturated heterocycles. The molecular weight excluding hydrogens is 423 g/mol. The summed E-state index contributed by atoms with van der Waals surface area (Å²) in [6, 6.07) is 6.79. The molecule has 4 nitrogen and oxygen atoms in total. The van der Waals surface area contributed by atoms with Gasteiger partial charge >= 0.3 is 0 Å². The highest BCUT2D eigenvalue weighted by Gasteiger charge is 2.25.